The van der Waals surface area contributed by atoms with Crippen molar-refractivity contribution in [3.05, 3.63) is 47.3 Å². The number of hydrogen-bond donors (Lipinski definition) is 1. The molecule has 0 radical (unpaired) electrons. The molecule has 1 unspecified atom stereocenters. The number of anilines is 1. The van der Waals surface area contributed by atoms with E-state index in [1.807, 2.05) is 51.4 Å². The van der Waals surface area contributed by atoms with Gasteiger partial charge in [-0.25, -0.2) is 4.79 Å². The van der Waals surface area contributed by atoms with Gasteiger partial charge < -0.3 is 10.1 Å². The highest BCUT2D eigenvalue weighted by molar-refractivity contribution is 5.81. The largest absolute Gasteiger partial charge is 0.467 e. The first kappa shape index (κ1) is 15.1. The minimum absolute atomic E-state index is 0.319. The standard InChI is InChI=1S/C16H21N3O2/c1-5-13-12(10-19(3)18-13)15(16(20)21-4)17-14-9-7-6-8-11(14)2/h6-10,15,17H,5H2,1-4H3. The van der Waals surface area contributed by atoms with Crippen molar-refractivity contribution in [3.63, 3.8) is 0 Å². The van der Waals surface area contributed by atoms with E-state index < -0.39 is 6.04 Å². The molecular formula is C16H21N3O2. The normalized spacial score (nSPS) is 12.0. The van der Waals surface area contributed by atoms with Crippen molar-refractivity contribution in [1.29, 1.82) is 0 Å². The number of carbonyl (C=O) groups is 1. The second kappa shape index (κ2) is 6.43. The Kier molecular flexibility index (Phi) is 4.62. The molecule has 21 heavy (non-hydrogen) atoms. The zero-order valence-corrected chi connectivity index (χ0v) is 12.9. The third kappa shape index (κ3) is 3.24. The van der Waals surface area contributed by atoms with Crippen LogP contribution >= 0.6 is 0 Å². The highest BCUT2D eigenvalue weighted by atomic mass is 16.5. The number of para-hydroxylation sites is 1. The fourth-order valence-electron chi connectivity index (χ4n) is 2.34. The maximum Gasteiger partial charge on any atom is 0.333 e. The zero-order valence-electron chi connectivity index (χ0n) is 12.9. The summed E-state index contributed by atoms with van der Waals surface area (Å²) in [5.41, 5.74) is 3.75. The van der Waals surface area contributed by atoms with Crippen LogP contribution in [0.5, 0.6) is 0 Å². The van der Waals surface area contributed by atoms with E-state index in [1.165, 1.54) is 7.11 Å². The van der Waals surface area contributed by atoms with E-state index in [0.717, 1.165) is 28.9 Å². The zero-order chi connectivity index (χ0) is 15.4. The first-order chi connectivity index (χ1) is 10.1. The lowest BCUT2D eigenvalue weighted by Gasteiger charge is -2.19. The van der Waals surface area contributed by atoms with Crippen LogP contribution < -0.4 is 5.32 Å². The third-order valence-corrected chi connectivity index (χ3v) is 3.47. The van der Waals surface area contributed by atoms with Crippen LogP contribution in [-0.4, -0.2) is 22.9 Å². The fraction of sp³-hybridized carbons (Fsp3) is 0.375. The summed E-state index contributed by atoms with van der Waals surface area (Å²) in [5.74, 6) is -0.319. The molecule has 0 bridgehead atoms. The van der Waals surface area contributed by atoms with Gasteiger partial charge in [-0.05, 0) is 25.0 Å². The van der Waals surface area contributed by atoms with Gasteiger partial charge in [-0.15, -0.1) is 0 Å². The van der Waals surface area contributed by atoms with Crippen molar-refractivity contribution in [2.75, 3.05) is 12.4 Å². The average molecular weight is 287 g/mol. The topological polar surface area (TPSA) is 56.2 Å². The van der Waals surface area contributed by atoms with E-state index in [0.29, 0.717) is 0 Å². The number of nitrogens with zero attached hydrogens (tertiary/aromatic N) is 2. The summed E-state index contributed by atoms with van der Waals surface area (Å²) in [7, 11) is 3.25. The van der Waals surface area contributed by atoms with Crippen LogP contribution in [0.15, 0.2) is 30.5 Å². The van der Waals surface area contributed by atoms with Gasteiger partial charge in [-0.2, -0.15) is 5.10 Å². The molecule has 0 fully saturated rings. The summed E-state index contributed by atoms with van der Waals surface area (Å²) in [6.07, 6.45) is 2.63. The Morgan fingerprint density at radius 3 is 2.76 bits per heavy atom. The molecule has 1 heterocycles. The summed E-state index contributed by atoms with van der Waals surface area (Å²) in [6, 6.07) is 7.30. The highest BCUT2D eigenvalue weighted by Crippen LogP contribution is 2.25. The monoisotopic (exact) mass is 287 g/mol. The second-order valence-corrected chi connectivity index (χ2v) is 4.97. The van der Waals surface area contributed by atoms with Crippen LogP contribution in [-0.2, 0) is 23.0 Å². The van der Waals surface area contributed by atoms with Gasteiger partial charge in [0.25, 0.3) is 0 Å². The number of rotatable bonds is 5. The van der Waals surface area contributed by atoms with E-state index in [-0.39, 0.29) is 5.97 Å². The molecule has 112 valence electrons. The number of esters is 1. The first-order valence-electron chi connectivity index (χ1n) is 6.99. The molecule has 5 heteroatoms. The summed E-state index contributed by atoms with van der Waals surface area (Å²) >= 11 is 0. The Morgan fingerprint density at radius 1 is 1.43 bits per heavy atom. The number of nitrogens with one attached hydrogen (secondary N) is 1. The van der Waals surface area contributed by atoms with Crippen LogP contribution in [0.3, 0.4) is 0 Å². The molecule has 2 aromatic rings. The molecule has 0 amide bonds. The Morgan fingerprint density at radius 2 is 2.14 bits per heavy atom. The number of hydrogen-bond acceptors (Lipinski definition) is 4. The third-order valence-electron chi connectivity index (χ3n) is 3.47. The summed E-state index contributed by atoms with van der Waals surface area (Å²) in [4.78, 5) is 12.2. The van der Waals surface area contributed by atoms with Gasteiger partial charge in [-0.1, -0.05) is 25.1 Å². The Labute approximate surface area is 124 Å². The smallest absolute Gasteiger partial charge is 0.333 e. The van der Waals surface area contributed by atoms with Gasteiger partial charge in [0.2, 0.25) is 0 Å². The van der Waals surface area contributed by atoms with Crippen molar-refractivity contribution in [1.82, 2.24) is 9.78 Å². The number of ether oxygens (including phenoxy) is 1. The molecule has 0 aliphatic rings. The number of aromatic nitrogens is 2. The lowest BCUT2D eigenvalue weighted by Crippen LogP contribution is -2.23. The van der Waals surface area contributed by atoms with E-state index in [2.05, 4.69) is 10.4 Å². The van der Waals surface area contributed by atoms with Crippen molar-refractivity contribution in [2.24, 2.45) is 7.05 Å². The maximum atomic E-state index is 12.2. The SMILES string of the molecule is CCc1nn(C)cc1C(Nc1ccccc1C)C(=O)OC. The molecule has 0 aliphatic carbocycles. The number of carbonyl (C=O) groups excluding carboxylic acids is 1. The molecule has 0 saturated heterocycles. The van der Waals surface area contributed by atoms with E-state index in [9.17, 15) is 4.79 Å². The van der Waals surface area contributed by atoms with Crippen molar-refractivity contribution in [3.8, 4) is 0 Å². The molecular weight excluding hydrogens is 266 g/mol. The average Bonchev–Trinajstić information content (AvgIpc) is 2.86. The van der Waals surface area contributed by atoms with Gasteiger partial charge in [0.1, 0.15) is 0 Å². The highest BCUT2D eigenvalue weighted by Gasteiger charge is 2.26. The molecule has 0 spiro atoms. The minimum atomic E-state index is -0.556. The first-order valence-corrected chi connectivity index (χ1v) is 6.99. The van der Waals surface area contributed by atoms with Gasteiger partial charge in [0, 0.05) is 24.5 Å². The molecule has 0 saturated carbocycles. The minimum Gasteiger partial charge on any atom is -0.467 e. The summed E-state index contributed by atoms with van der Waals surface area (Å²) in [6.45, 7) is 4.02. The number of methoxy groups -OCH3 is 1. The molecule has 5 nitrogen and oxygen atoms in total. The van der Waals surface area contributed by atoms with Crippen LogP contribution in [0, 0.1) is 6.92 Å². The molecule has 1 atom stereocenters. The number of aryl methyl sites for hydroxylation is 3. The Bertz CT molecular complexity index is 634. The molecule has 2 rings (SSSR count). The van der Waals surface area contributed by atoms with Gasteiger partial charge in [-0.3, -0.25) is 4.68 Å². The Hall–Kier alpha value is -2.30. The fourth-order valence-corrected chi connectivity index (χ4v) is 2.34. The predicted octanol–water partition coefficient (Wildman–Crippen LogP) is 2.62. The van der Waals surface area contributed by atoms with E-state index in [1.54, 1.807) is 4.68 Å². The van der Waals surface area contributed by atoms with E-state index in [4.69, 9.17) is 4.74 Å². The molecule has 1 aromatic carbocycles. The lowest BCUT2D eigenvalue weighted by molar-refractivity contribution is -0.141. The van der Waals surface area contributed by atoms with Crippen LogP contribution in [0.4, 0.5) is 5.69 Å². The second-order valence-electron chi connectivity index (χ2n) is 4.97. The lowest BCUT2D eigenvalue weighted by atomic mass is 10.1. The number of benzene rings is 1. The molecule has 1 N–H and O–H groups in total. The molecule has 0 aliphatic heterocycles. The maximum absolute atomic E-state index is 12.2. The summed E-state index contributed by atoms with van der Waals surface area (Å²) in [5, 5.41) is 7.67. The van der Waals surface area contributed by atoms with E-state index >= 15 is 0 Å². The van der Waals surface area contributed by atoms with Crippen LogP contribution in [0.2, 0.25) is 0 Å². The van der Waals surface area contributed by atoms with Gasteiger partial charge in [0.15, 0.2) is 6.04 Å². The van der Waals surface area contributed by atoms with Crippen LogP contribution in [0.1, 0.15) is 29.8 Å². The Balaban J connectivity index is 2.39. The van der Waals surface area contributed by atoms with Crippen molar-refractivity contribution in [2.45, 2.75) is 26.3 Å². The van der Waals surface area contributed by atoms with Gasteiger partial charge in [0.05, 0.1) is 12.8 Å². The van der Waals surface area contributed by atoms with Crippen LogP contribution in [0.25, 0.3) is 0 Å². The molecule has 1 aromatic heterocycles. The predicted molar refractivity (Wildman–Crippen MR) is 82.1 cm³/mol. The summed E-state index contributed by atoms with van der Waals surface area (Å²) < 4.78 is 6.67. The van der Waals surface area contributed by atoms with Crippen molar-refractivity contribution >= 4 is 11.7 Å². The van der Waals surface area contributed by atoms with Crippen molar-refractivity contribution < 1.29 is 9.53 Å². The quantitative estimate of drug-likeness (QED) is 0.859. The van der Waals surface area contributed by atoms with Gasteiger partial charge >= 0.3 is 5.97 Å².